The molecule has 9 nitrogen and oxygen atoms in total. The number of urea groups is 1. The van der Waals surface area contributed by atoms with Gasteiger partial charge in [0.1, 0.15) is 11.8 Å². The summed E-state index contributed by atoms with van der Waals surface area (Å²) in [5.41, 5.74) is 1.63. The van der Waals surface area contributed by atoms with Crippen molar-refractivity contribution in [1.29, 1.82) is 0 Å². The average Bonchev–Trinajstić information content (AvgIpc) is 3.43. The van der Waals surface area contributed by atoms with Crippen molar-refractivity contribution in [2.24, 2.45) is 0 Å². The number of amides is 4. The first-order chi connectivity index (χ1) is 17.9. The van der Waals surface area contributed by atoms with E-state index in [4.69, 9.17) is 25.8 Å². The van der Waals surface area contributed by atoms with Crippen molar-refractivity contribution in [3.05, 3.63) is 77.3 Å². The molecule has 10 heteroatoms. The number of imide groups is 1. The lowest BCUT2D eigenvalue weighted by atomic mass is 10.1. The summed E-state index contributed by atoms with van der Waals surface area (Å²) in [5.74, 6) is 0.948. The van der Waals surface area contributed by atoms with Gasteiger partial charge in [-0.05, 0) is 67.1 Å². The van der Waals surface area contributed by atoms with Crippen LogP contribution in [-0.4, -0.2) is 42.2 Å². The molecule has 3 aromatic carbocycles. The van der Waals surface area contributed by atoms with Gasteiger partial charge in [0.05, 0.1) is 18.7 Å². The highest BCUT2D eigenvalue weighted by atomic mass is 35.5. The minimum Gasteiger partial charge on any atom is -0.494 e. The van der Waals surface area contributed by atoms with Crippen molar-refractivity contribution < 1.29 is 28.6 Å². The van der Waals surface area contributed by atoms with Crippen molar-refractivity contribution in [1.82, 2.24) is 4.90 Å². The summed E-state index contributed by atoms with van der Waals surface area (Å²) in [7, 11) is 0. The van der Waals surface area contributed by atoms with E-state index < -0.39 is 23.9 Å². The maximum absolute atomic E-state index is 13.5. The number of nitrogens with one attached hydrogen (secondary N) is 1. The highest BCUT2D eigenvalue weighted by Crippen LogP contribution is 2.35. The van der Waals surface area contributed by atoms with Gasteiger partial charge in [0.15, 0.2) is 11.5 Å². The quantitative estimate of drug-likeness (QED) is 0.426. The van der Waals surface area contributed by atoms with Crippen LogP contribution in [0.15, 0.2) is 66.7 Å². The van der Waals surface area contributed by atoms with Crippen molar-refractivity contribution in [2.75, 3.05) is 23.6 Å². The van der Waals surface area contributed by atoms with Gasteiger partial charge in [-0.15, -0.1) is 0 Å². The van der Waals surface area contributed by atoms with E-state index >= 15 is 0 Å². The monoisotopic (exact) mass is 521 g/mol. The molecule has 0 saturated carbocycles. The molecule has 0 aromatic heterocycles. The van der Waals surface area contributed by atoms with E-state index in [1.807, 2.05) is 6.92 Å². The molecular formula is C27H24ClN3O6. The molecule has 2 aliphatic heterocycles. The minimum atomic E-state index is -1.01. The van der Waals surface area contributed by atoms with Crippen LogP contribution in [0.3, 0.4) is 0 Å². The second-order valence-corrected chi connectivity index (χ2v) is 8.91. The van der Waals surface area contributed by atoms with Crippen molar-refractivity contribution in [2.45, 2.75) is 25.9 Å². The van der Waals surface area contributed by atoms with E-state index in [1.54, 1.807) is 66.7 Å². The summed E-state index contributed by atoms with van der Waals surface area (Å²) in [6, 6.07) is 17.2. The predicted molar refractivity (Wildman–Crippen MR) is 137 cm³/mol. The molecule has 0 unspecified atom stereocenters. The number of ether oxygens (including phenoxy) is 3. The smallest absolute Gasteiger partial charge is 0.332 e. The third-order valence-electron chi connectivity index (χ3n) is 6.00. The van der Waals surface area contributed by atoms with Gasteiger partial charge >= 0.3 is 6.03 Å². The topological polar surface area (TPSA) is 97.4 Å². The zero-order chi connectivity index (χ0) is 25.9. The molecule has 1 saturated heterocycles. The van der Waals surface area contributed by atoms with Gasteiger partial charge in [-0.25, -0.2) is 9.69 Å². The van der Waals surface area contributed by atoms with Crippen LogP contribution in [0.4, 0.5) is 16.2 Å². The Kier molecular flexibility index (Phi) is 6.87. The van der Waals surface area contributed by atoms with Gasteiger partial charge in [-0.1, -0.05) is 23.7 Å². The maximum atomic E-state index is 13.5. The van der Waals surface area contributed by atoms with Gasteiger partial charge in [0.25, 0.3) is 5.91 Å². The number of rotatable bonds is 8. The normalized spacial score (nSPS) is 16.3. The van der Waals surface area contributed by atoms with E-state index in [0.29, 0.717) is 40.3 Å². The van der Waals surface area contributed by atoms with E-state index in [1.165, 1.54) is 4.90 Å². The predicted octanol–water partition coefficient (Wildman–Crippen LogP) is 4.83. The Morgan fingerprint density at radius 2 is 1.84 bits per heavy atom. The number of halogens is 1. The summed E-state index contributed by atoms with van der Waals surface area (Å²) in [6.07, 6.45) is -0.223. The molecule has 2 aliphatic rings. The number of anilines is 2. The minimum absolute atomic E-state index is 0.0965. The standard InChI is InChI=1S/C27H24ClN3O6/c1-2-35-21-9-7-19(8-10-21)29-25(32)14-22-26(33)31(20-5-3-4-18(28)13-20)27(34)30(22)15-17-6-11-23-24(12-17)37-16-36-23/h3-13,22H,2,14-16H2,1H3,(H,29,32)/t22-/m1/s1. The van der Waals surface area contributed by atoms with Crippen molar-refractivity contribution in [3.8, 4) is 17.2 Å². The maximum Gasteiger partial charge on any atom is 0.332 e. The third-order valence-corrected chi connectivity index (χ3v) is 6.24. The zero-order valence-electron chi connectivity index (χ0n) is 20.0. The molecule has 1 N–H and O–H groups in total. The molecule has 2 heterocycles. The molecule has 0 spiro atoms. The first kappa shape index (κ1) is 24.5. The van der Waals surface area contributed by atoms with Crippen LogP contribution >= 0.6 is 11.6 Å². The average molecular weight is 522 g/mol. The number of hydrogen-bond acceptors (Lipinski definition) is 6. The molecule has 1 atom stereocenters. The van der Waals surface area contributed by atoms with Gasteiger partial charge in [-0.2, -0.15) is 0 Å². The van der Waals surface area contributed by atoms with Gasteiger partial charge < -0.3 is 24.4 Å². The lowest BCUT2D eigenvalue weighted by Crippen LogP contribution is -2.37. The fourth-order valence-electron chi connectivity index (χ4n) is 4.29. The number of carbonyl (C=O) groups excluding carboxylic acids is 3. The number of fused-ring (bicyclic) bond motifs is 1. The fourth-order valence-corrected chi connectivity index (χ4v) is 4.48. The summed E-state index contributed by atoms with van der Waals surface area (Å²) < 4.78 is 16.2. The van der Waals surface area contributed by atoms with Gasteiger partial charge in [0, 0.05) is 17.3 Å². The van der Waals surface area contributed by atoms with Crippen LogP contribution in [0.25, 0.3) is 0 Å². The van der Waals surface area contributed by atoms with E-state index in [0.717, 1.165) is 10.5 Å². The summed E-state index contributed by atoms with van der Waals surface area (Å²) >= 11 is 6.12. The van der Waals surface area contributed by atoms with Crippen molar-refractivity contribution >= 4 is 40.8 Å². The second-order valence-electron chi connectivity index (χ2n) is 8.48. The Hall–Kier alpha value is -4.24. The zero-order valence-corrected chi connectivity index (χ0v) is 20.7. The number of benzene rings is 3. The Morgan fingerprint density at radius 1 is 1.05 bits per heavy atom. The van der Waals surface area contributed by atoms with E-state index in [2.05, 4.69) is 5.32 Å². The summed E-state index contributed by atoms with van der Waals surface area (Å²) in [5, 5.41) is 3.18. The highest BCUT2D eigenvalue weighted by Gasteiger charge is 2.46. The van der Waals surface area contributed by atoms with E-state index in [9.17, 15) is 14.4 Å². The Bertz CT molecular complexity index is 1350. The Morgan fingerprint density at radius 3 is 2.59 bits per heavy atom. The number of nitrogens with zero attached hydrogens (tertiary/aromatic N) is 2. The third kappa shape index (κ3) is 5.17. The van der Waals surface area contributed by atoms with Crippen LogP contribution in [0.2, 0.25) is 5.02 Å². The lowest BCUT2D eigenvalue weighted by molar-refractivity contribution is -0.124. The Balaban J connectivity index is 1.38. The fraction of sp³-hybridized carbons (Fsp3) is 0.222. The highest BCUT2D eigenvalue weighted by molar-refractivity contribution is 6.31. The van der Waals surface area contributed by atoms with Crippen LogP contribution in [0.5, 0.6) is 17.2 Å². The molecule has 5 rings (SSSR count). The van der Waals surface area contributed by atoms with Gasteiger partial charge in [0.2, 0.25) is 12.7 Å². The molecule has 3 aromatic rings. The molecule has 37 heavy (non-hydrogen) atoms. The summed E-state index contributed by atoms with van der Waals surface area (Å²) in [6.45, 7) is 2.64. The van der Waals surface area contributed by atoms with E-state index in [-0.39, 0.29) is 19.8 Å². The van der Waals surface area contributed by atoms with Gasteiger partial charge in [-0.3, -0.25) is 9.59 Å². The summed E-state index contributed by atoms with van der Waals surface area (Å²) in [4.78, 5) is 42.4. The second kappa shape index (κ2) is 10.4. The SMILES string of the molecule is CCOc1ccc(NC(=O)C[C@@H]2C(=O)N(c3cccc(Cl)c3)C(=O)N2Cc2ccc3c(c2)OCO3)cc1. The molecule has 190 valence electrons. The largest absolute Gasteiger partial charge is 0.494 e. The lowest BCUT2D eigenvalue weighted by Gasteiger charge is -2.22. The van der Waals surface area contributed by atoms with Crippen molar-refractivity contribution in [3.63, 3.8) is 0 Å². The molecule has 4 amide bonds. The first-order valence-corrected chi connectivity index (χ1v) is 12.1. The number of hydrogen-bond donors (Lipinski definition) is 1. The molecular weight excluding hydrogens is 498 g/mol. The first-order valence-electron chi connectivity index (χ1n) is 11.7. The van der Waals surface area contributed by atoms with Crippen LogP contribution in [0.1, 0.15) is 18.9 Å². The molecule has 1 fully saturated rings. The van der Waals surface area contributed by atoms with Crippen LogP contribution in [-0.2, 0) is 16.1 Å². The molecule has 0 aliphatic carbocycles. The number of carbonyl (C=O) groups is 3. The van der Waals surface area contributed by atoms with Crippen LogP contribution < -0.4 is 24.4 Å². The van der Waals surface area contributed by atoms with Crippen LogP contribution in [0, 0.1) is 0 Å². The Labute approximate surface area is 218 Å². The molecule has 0 radical (unpaired) electrons. The molecule has 0 bridgehead atoms.